The highest BCUT2D eigenvalue weighted by atomic mass is 35.5. The van der Waals surface area contributed by atoms with Gasteiger partial charge in [0.2, 0.25) is 0 Å². The second-order valence-electron chi connectivity index (χ2n) is 4.56. The molecular weight excluding hydrogens is 250 g/mol. The molecule has 1 aromatic carbocycles. The Labute approximate surface area is 114 Å². The van der Waals surface area contributed by atoms with E-state index in [1.54, 1.807) is 7.11 Å². The number of nitrogens with one attached hydrogen (secondary N) is 1. The Morgan fingerprint density at radius 3 is 2.89 bits per heavy atom. The maximum absolute atomic E-state index is 8.92. The molecule has 1 aromatic rings. The third kappa shape index (κ3) is 5.25. The van der Waals surface area contributed by atoms with Gasteiger partial charge >= 0.3 is 0 Å². The Kier molecular flexibility index (Phi) is 7.09. The van der Waals surface area contributed by atoms with Gasteiger partial charge in [0.1, 0.15) is 5.75 Å². The Balaban J connectivity index is 2.32. The zero-order chi connectivity index (χ0) is 13.4. The van der Waals surface area contributed by atoms with Crippen LogP contribution in [0.4, 0.5) is 0 Å². The van der Waals surface area contributed by atoms with Gasteiger partial charge in [-0.05, 0) is 43.5 Å². The molecule has 0 radical (unpaired) electrons. The second-order valence-corrected chi connectivity index (χ2v) is 5.00. The summed E-state index contributed by atoms with van der Waals surface area (Å²) in [4.78, 5) is 0. The predicted octanol–water partition coefficient (Wildman–Crippen LogP) is 2.85. The van der Waals surface area contributed by atoms with Crippen LogP contribution in [-0.2, 0) is 6.54 Å². The lowest BCUT2D eigenvalue weighted by Gasteiger charge is -2.11. The SMILES string of the molecule is COc1ccc(Cl)cc1CNCCCC(C)CO. The molecule has 1 rings (SSSR count). The Morgan fingerprint density at radius 2 is 2.22 bits per heavy atom. The van der Waals surface area contributed by atoms with Crippen LogP contribution in [0.25, 0.3) is 0 Å². The highest BCUT2D eigenvalue weighted by Gasteiger charge is 2.04. The maximum atomic E-state index is 8.92. The molecule has 0 aliphatic rings. The summed E-state index contributed by atoms with van der Waals surface area (Å²) in [7, 11) is 1.66. The van der Waals surface area contributed by atoms with Crippen molar-refractivity contribution in [3.63, 3.8) is 0 Å². The smallest absolute Gasteiger partial charge is 0.123 e. The van der Waals surface area contributed by atoms with Gasteiger partial charge in [-0.25, -0.2) is 0 Å². The van der Waals surface area contributed by atoms with Crippen LogP contribution in [0.15, 0.2) is 18.2 Å². The molecule has 1 atom stereocenters. The van der Waals surface area contributed by atoms with E-state index in [9.17, 15) is 0 Å². The molecule has 1 unspecified atom stereocenters. The van der Waals surface area contributed by atoms with Crippen molar-refractivity contribution in [2.24, 2.45) is 5.92 Å². The van der Waals surface area contributed by atoms with Crippen molar-refractivity contribution in [3.8, 4) is 5.75 Å². The molecule has 3 nitrogen and oxygen atoms in total. The van der Waals surface area contributed by atoms with Crippen LogP contribution in [0.5, 0.6) is 5.75 Å². The molecule has 4 heteroatoms. The van der Waals surface area contributed by atoms with E-state index in [4.69, 9.17) is 21.4 Å². The fourth-order valence-corrected chi connectivity index (χ4v) is 1.97. The number of aliphatic hydroxyl groups excluding tert-OH is 1. The Morgan fingerprint density at radius 1 is 1.44 bits per heavy atom. The minimum atomic E-state index is 0.266. The standard InChI is InChI=1S/C14H22ClNO2/c1-11(10-17)4-3-7-16-9-12-8-13(15)5-6-14(12)18-2/h5-6,8,11,16-17H,3-4,7,9-10H2,1-2H3. The molecule has 0 aromatic heterocycles. The average molecular weight is 272 g/mol. The van der Waals surface area contributed by atoms with Crippen LogP contribution in [-0.4, -0.2) is 25.4 Å². The predicted molar refractivity (Wildman–Crippen MR) is 75.2 cm³/mol. The molecule has 2 N–H and O–H groups in total. The zero-order valence-corrected chi connectivity index (χ0v) is 11.8. The number of aliphatic hydroxyl groups is 1. The summed E-state index contributed by atoms with van der Waals surface area (Å²) in [5.41, 5.74) is 1.07. The Bertz CT molecular complexity index is 358. The number of ether oxygens (including phenoxy) is 1. The van der Waals surface area contributed by atoms with E-state index >= 15 is 0 Å². The minimum Gasteiger partial charge on any atom is -0.496 e. The monoisotopic (exact) mass is 271 g/mol. The van der Waals surface area contributed by atoms with Gasteiger partial charge in [0, 0.05) is 23.7 Å². The molecular formula is C14H22ClNO2. The molecule has 0 spiro atoms. The summed E-state index contributed by atoms with van der Waals surface area (Å²) < 4.78 is 5.28. The lowest BCUT2D eigenvalue weighted by Crippen LogP contribution is -2.16. The maximum Gasteiger partial charge on any atom is 0.123 e. The van der Waals surface area contributed by atoms with E-state index in [0.717, 1.165) is 42.3 Å². The van der Waals surface area contributed by atoms with E-state index in [0.29, 0.717) is 5.92 Å². The van der Waals surface area contributed by atoms with Crippen LogP contribution in [0, 0.1) is 5.92 Å². The lowest BCUT2D eigenvalue weighted by atomic mass is 10.1. The molecule has 102 valence electrons. The third-order valence-corrected chi connectivity index (χ3v) is 3.16. The summed E-state index contributed by atoms with van der Waals surface area (Å²) in [5, 5.41) is 13.0. The van der Waals surface area contributed by atoms with Gasteiger partial charge in [-0.1, -0.05) is 18.5 Å². The number of methoxy groups -OCH3 is 1. The molecule has 0 saturated carbocycles. The van der Waals surface area contributed by atoms with Gasteiger partial charge in [0.15, 0.2) is 0 Å². The van der Waals surface area contributed by atoms with Gasteiger partial charge in [-0.3, -0.25) is 0 Å². The molecule has 0 saturated heterocycles. The quantitative estimate of drug-likeness (QED) is 0.715. The average Bonchev–Trinajstić information content (AvgIpc) is 2.38. The number of halogens is 1. The summed E-state index contributed by atoms with van der Waals surface area (Å²) in [6.45, 7) is 4.00. The van der Waals surface area contributed by atoms with E-state index in [2.05, 4.69) is 12.2 Å². The van der Waals surface area contributed by atoms with Gasteiger partial charge in [0.05, 0.1) is 7.11 Å². The van der Waals surface area contributed by atoms with Crippen LogP contribution < -0.4 is 10.1 Å². The van der Waals surface area contributed by atoms with Crippen molar-refractivity contribution < 1.29 is 9.84 Å². The highest BCUT2D eigenvalue weighted by Crippen LogP contribution is 2.22. The molecule has 0 bridgehead atoms. The molecule has 0 aliphatic heterocycles. The fraction of sp³-hybridized carbons (Fsp3) is 0.571. The zero-order valence-electron chi connectivity index (χ0n) is 11.1. The van der Waals surface area contributed by atoms with Crippen molar-refractivity contribution in [1.29, 1.82) is 0 Å². The summed E-state index contributed by atoms with van der Waals surface area (Å²) in [6, 6.07) is 5.63. The van der Waals surface area contributed by atoms with Crippen LogP contribution >= 0.6 is 11.6 Å². The van der Waals surface area contributed by atoms with Crippen LogP contribution in [0.3, 0.4) is 0 Å². The molecule has 0 aliphatic carbocycles. The molecule has 18 heavy (non-hydrogen) atoms. The van der Waals surface area contributed by atoms with E-state index < -0.39 is 0 Å². The first kappa shape index (κ1) is 15.3. The van der Waals surface area contributed by atoms with Gasteiger partial charge in [-0.2, -0.15) is 0 Å². The highest BCUT2D eigenvalue weighted by molar-refractivity contribution is 6.30. The number of rotatable bonds is 8. The topological polar surface area (TPSA) is 41.5 Å². The van der Waals surface area contributed by atoms with Gasteiger partial charge < -0.3 is 15.2 Å². The van der Waals surface area contributed by atoms with Crippen molar-refractivity contribution in [2.45, 2.75) is 26.3 Å². The summed E-state index contributed by atoms with van der Waals surface area (Å²) in [5.74, 6) is 1.24. The van der Waals surface area contributed by atoms with Crippen molar-refractivity contribution in [1.82, 2.24) is 5.32 Å². The van der Waals surface area contributed by atoms with Gasteiger partial charge in [-0.15, -0.1) is 0 Å². The van der Waals surface area contributed by atoms with Gasteiger partial charge in [0.25, 0.3) is 0 Å². The van der Waals surface area contributed by atoms with Crippen LogP contribution in [0.2, 0.25) is 5.02 Å². The summed E-state index contributed by atoms with van der Waals surface area (Å²) >= 11 is 5.96. The first-order valence-electron chi connectivity index (χ1n) is 6.31. The third-order valence-electron chi connectivity index (χ3n) is 2.92. The number of hydrogen-bond donors (Lipinski definition) is 2. The largest absolute Gasteiger partial charge is 0.496 e. The van der Waals surface area contributed by atoms with Crippen molar-refractivity contribution >= 4 is 11.6 Å². The van der Waals surface area contributed by atoms with Crippen LogP contribution in [0.1, 0.15) is 25.3 Å². The molecule has 0 fully saturated rings. The van der Waals surface area contributed by atoms with E-state index in [-0.39, 0.29) is 6.61 Å². The van der Waals surface area contributed by atoms with E-state index in [1.165, 1.54) is 0 Å². The Hall–Kier alpha value is -0.770. The fourth-order valence-electron chi connectivity index (χ4n) is 1.78. The second kappa shape index (κ2) is 8.35. The lowest BCUT2D eigenvalue weighted by molar-refractivity contribution is 0.228. The first-order chi connectivity index (χ1) is 8.67. The van der Waals surface area contributed by atoms with Crippen molar-refractivity contribution in [2.75, 3.05) is 20.3 Å². The normalized spacial score (nSPS) is 12.4. The minimum absolute atomic E-state index is 0.266. The van der Waals surface area contributed by atoms with Crippen molar-refractivity contribution in [3.05, 3.63) is 28.8 Å². The first-order valence-corrected chi connectivity index (χ1v) is 6.69. The summed E-state index contributed by atoms with van der Waals surface area (Å²) in [6.07, 6.45) is 2.10. The van der Waals surface area contributed by atoms with E-state index in [1.807, 2.05) is 18.2 Å². The number of hydrogen-bond acceptors (Lipinski definition) is 3. The molecule has 0 heterocycles. The molecule has 0 amide bonds. The number of benzene rings is 1.